The van der Waals surface area contributed by atoms with Crippen LogP contribution in [0.1, 0.15) is 30.9 Å². The minimum absolute atomic E-state index is 0.188. The van der Waals surface area contributed by atoms with Gasteiger partial charge in [0.05, 0.1) is 0 Å². The third kappa shape index (κ3) is 3.38. The van der Waals surface area contributed by atoms with Crippen LogP contribution in [0.4, 0.5) is 5.82 Å². The maximum atomic E-state index is 5.83. The van der Waals surface area contributed by atoms with E-state index in [1.54, 1.807) is 11.3 Å². The summed E-state index contributed by atoms with van der Waals surface area (Å²) in [6.45, 7) is 2.99. The average molecular weight is 287 g/mol. The fourth-order valence-corrected chi connectivity index (χ4v) is 3.10. The van der Waals surface area contributed by atoms with Crippen molar-refractivity contribution in [1.29, 1.82) is 0 Å². The summed E-state index contributed by atoms with van der Waals surface area (Å²) in [6.07, 6.45) is 5.43. The molecular weight excluding hydrogens is 266 g/mol. The predicted molar refractivity (Wildman–Crippen MR) is 85.1 cm³/mol. The first-order chi connectivity index (χ1) is 9.72. The summed E-state index contributed by atoms with van der Waals surface area (Å²) in [6, 6.07) is 7.36. The lowest BCUT2D eigenvalue weighted by atomic mass is 10.1. The zero-order chi connectivity index (χ0) is 13.9. The molecule has 0 aliphatic heterocycles. The van der Waals surface area contributed by atoms with Crippen molar-refractivity contribution >= 4 is 17.2 Å². The molecule has 0 amide bonds. The van der Waals surface area contributed by atoms with Crippen molar-refractivity contribution in [3.05, 3.63) is 46.3 Å². The Hall–Kier alpha value is -1.39. The zero-order valence-corrected chi connectivity index (χ0v) is 12.6. The van der Waals surface area contributed by atoms with E-state index >= 15 is 0 Å². The Morgan fingerprint density at radius 1 is 1.35 bits per heavy atom. The molecule has 1 saturated carbocycles. The van der Waals surface area contributed by atoms with Crippen molar-refractivity contribution in [2.75, 3.05) is 4.90 Å². The van der Waals surface area contributed by atoms with Crippen LogP contribution in [0.2, 0.25) is 0 Å². The Kier molecular flexibility index (Phi) is 4.03. The topological polar surface area (TPSA) is 42.1 Å². The molecule has 0 bridgehead atoms. The minimum atomic E-state index is 0.188. The van der Waals surface area contributed by atoms with Gasteiger partial charge in [-0.05, 0) is 60.2 Å². The Morgan fingerprint density at radius 2 is 2.20 bits per heavy atom. The summed E-state index contributed by atoms with van der Waals surface area (Å²) >= 11 is 1.76. The van der Waals surface area contributed by atoms with Gasteiger partial charge in [0.1, 0.15) is 5.82 Å². The fraction of sp³-hybridized carbons (Fsp3) is 0.438. The van der Waals surface area contributed by atoms with Crippen molar-refractivity contribution in [3.8, 4) is 0 Å². The van der Waals surface area contributed by atoms with E-state index in [0.29, 0.717) is 6.04 Å². The molecule has 2 aromatic rings. The molecule has 1 fully saturated rings. The van der Waals surface area contributed by atoms with Crippen LogP contribution in [0.5, 0.6) is 0 Å². The van der Waals surface area contributed by atoms with Crippen molar-refractivity contribution in [2.24, 2.45) is 5.73 Å². The van der Waals surface area contributed by atoms with Crippen LogP contribution in [0.15, 0.2) is 35.2 Å². The molecule has 0 spiro atoms. The third-order valence-corrected chi connectivity index (χ3v) is 4.31. The number of pyridine rings is 1. The maximum absolute atomic E-state index is 5.83. The molecule has 1 atom stereocenters. The molecule has 0 radical (unpaired) electrons. The lowest BCUT2D eigenvalue weighted by Crippen LogP contribution is -2.25. The van der Waals surface area contributed by atoms with Gasteiger partial charge >= 0.3 is 0 Å². The number of anilines is 1. The Bertz CT molecular complexity index is 529. The standard InChI is InChI=1S/C16H21N3S/c1-12(17)8-13-2-5-16(18-9-13)19(15-3-4-15)10-14-6-7-20-11-14/h2,5-7,9,11-12,15H,3-4,8,10,17H2,1H3. The van der Waals surface area contributed by atoms with Gasteiger partial charge in [0.15, 0.2) is 0 Å². The molecule has 1 aliphatic rings. The normalized spacial score (nSPS) is 16.1. The lowest BCUT2D eigenvalue weighted by Gasteiger charge is -2.23. The molecule has 2 N–H and O–H groups in total. The molecule has 20 heavy (non-hydrogen) atoms. The molecule has 1 unspecified atom stereocenters. The first-order valence-corrected chi connectivity index (χ1v) is 8.15. The van der Waals surface area contributed by atoms with E-state index in [0.717, 1.165) is 18.8 Å². The lowest BCUT2D eigenvalue weighted by molar-refractivity contribution is 0.732. The molecule has 2 heterocycles. The number of rotatable bonds is 6. The van der Waals surface area contributed by atoms with Gasteiger partial charge in [-0.15, -0.1) is 0 Å². The molecule has 4 heteroatoms. The summed E-state index contributed by atoms with van der Waals surface area (Å²) in [5.74, 6) is 1.09. The van der Waals surface area contributed by atoms with Gasteiger partial charge in [0.2, 0.25) is 0 Å². The Morgan fingerprint density at radius 3 is 2.75 bits per heavy atom. The highest BCUT2D eigenvalue weighted by Crippen LogP contribution is 2.32. The largest absolute Gasteiger partial charge is 0.349 e. The molecule has 1 aliphatic carbocycles. The van der Waals surface area contributed by atoms with Gasteiger partial charge in [-0.2, -0.15) is 11.3 Å². The maximum Gasteiger partial charge on any atom is 0.129 e. The Labute approximate surface area is 124 Å². The van der Waals surface area contributed by atoms with E-state index in [1.807, 2.05) is 13.1 Å². The second-order valence-corrected chi connectivity index (χ2v) is 6.48. The van der Waals surface area contributed by atoms with E-state index < -0.39 is 0 Å². The van der Waals surface area contributed by atoms with Crippen LogP contribution in [0.25, 0.3) is 0 Å². The van der Waals surface area contributed by atoms with Crippen LogP contribution in [0, 0.1) is 0 Å². The van der Waals surface area contributed by atoms with Gasteiger partial charge in [-0.3, -0.25) is 0 Å². The quantitative estimate of drug-likeness (QED) is 0.887. The molecule has 3 rings (SSSR count). The second kappa shape index (κ2) is 5.94. The van der Waals surface area contributed by atoms with E-state index in [4.69, 9.17) is 5.73 Å². The summed E-state index contributed by atoms with van der Waals surface area (Å²) in [7, 11) is 0. The molecule has 0 aromatic carbocycles. The van der Waals surface area contributed by atoms with Crippen molar-refractivity contribution in [3.63, 3.8) is 0 Å². The van der Waals surface area contributed by atoms with Crippen LogP contribution < -0.4 is 10.6 Å². The van der Waals surface area contributed by atoms with E-state index in [1.165, 1.54) is 24.0 Å². The molecule has 3 nitrogen and oxygen atoms in total. The van der Waals surface area contributed by atoms with E-state index in [-0.39, 0.29) is 6.04 Å². The second-order valence-electron chi connectivity index (χ2n) is 5.70. The summed E-state index contributed by atoms with van der Waals surface area (Å²) in [5.41, 5.74) is 8.43. The van der Waals surface area contributed by atoms with Gasteiger partial charge in [-0.25, -0.2) is 4.98 Å². The summed E-state index contributed by atoms with van der Waals surface area (Å²) in [4.78, 5) is 7.08. The average Bonchev–Trinajstić information content (AvgIpc) is 3.14. The van der Waals surface area contributed by atoms with Crippen molar-refractivity contribution in [2.45, 2.75) is 44.8 Å². The summed E-state index contributed by atoms with van der Waals surface area (Å²) in [5, 5.41) is 4.36. The van der Waals surface area contributed by atoms with Gasteiger partial charge < -0.3 is 10.6 Å². The number of nitrogens with two attached hydrogens (primary N) is 1. The van der Waals surface area contributed by atoms with Gasteiger partial charge in [-0.1, -0.05) is 6.07 Å². The predicted octanol–water partition coefficient (Wildman–Crippen LogP) is 3.20. The Balaban J connectivity index is 1.74. The molecule has 0 saturated heterocycles. The minimum Gasteiger partial charge on any atom is -0.349 e. The molecule has 106 valence electrons. The first-order valence-electron chi connectivity index (χ1n) is 7.20. The van der Waals surface area contributed by atoms with Crippen molar-refractivity contribution < 1.29 is 0 Å². The highest BCUT2D eigenvalue weighted by molar-refractivity contribution is 7.07. The van der Waals surface area contributed by atoms with Crippen LogP contribution in [-0.2, 0) is 13.0 Å². The van der Waals surface area contributed by atoms with Crippen LogP contribution >= 0.6 is 11.3 Å². The van der Waals surface area contributed by atoms with E-state index in [2.05, 4.69) is 38.8 Å². The third-order valence-electron chi connectivity index (χ3n) is 3.58. The number of nitrogens with zero attached hydrogens (tertiary/aromatic N) is 2. The fourth-order valence-electron chi connectivity index (χ4n) is 2.44. The number of thiophene rings is 1. The van der Waals surface area contributed by atoms with E-state index in [9.17, 15) is 0 Å². The van der Waals surface area contributed by atoms with Crippen LogP contribution in [0.3, 0.4) is 0 Å². The molecular formula is C16H21N3S. The first kappa shape index (κ1) is 13.6. The SMILES string of the molecule is CC(N)Cc1ccc(N(Cc2ccsc2)C2CC2)nc1. The van der Waals surface area contributed by atoms with Gasteiger partial charge in [0.25, 0.3) is 0 Å². The zero-order valence-electron chi connectivity index (χ0n) is 11.8. The monoisotopic (exact) mass is 287 g/mol. The molecule has 2 aromatic heterocycles. The smallest absolute Gasteiger partial charge is 0.129 e. The van der Waals surface area contributed by atoms with Gasteiger partial charge in [0, 0.05) is 24.8 Å². The van der Waals surface area contributed by atoms with Crippen LogP contribution in [-0.4, -0.2) is 17.1 Å². The highest BCUT2D eigenvalue weighted by atomic mass is 32.1. The highest BCUT2D eigenvalue weighted by Gasteiger charge is 2.30. The number of aromatic nitrogens is 1. The number of hydrogen-bond donors (Lipinski definition) is 1. The van der Waals surface area contributed by atoms with Crippen molar-refractivity contribution in [1.82, 2.24) is 4.98 Å². The summed E-state index contributed by atoms with van der Waals surface area (Å²) < 4.78 is 0. The number of hydrogen-bond acceptors (Lipinski definition) is 4.